The summed E-state index contributed by atoms with van der Waals surface area (Å²) in [4.78, 5) is 50.1. The minimum Gasteiger partial charge on any atom is -0.372 e. The number of nitrogens with one attached hydrogen (secondary N) is 3. The van der Waals surface area contributed by atoms with Crippen molar-refractivity contribution in [2.75, 3.05) is 67.1 Å². The van der Waals surface area contributed by atoms with E-state index in [-0.39, 0.29) is 23.9 Å². The molecule has 4 aliphatic rings. The van der Waals surface area contributed by atoms with Crippen LogP contribution in [-0.2, 0) is 4.79 Å². The molecule has 4 aliphatic heterocycles. The molecule has 3 N–H and O–H groups in total. The molecular formula is C45H50ClN9O3. The van der Waals surface area contributed by atoms with Gasteiger partial charge >= 0.3 is 6.03 Å². The average molecular weight is 800 g/mol. The van der Waals surface area contributed by atoms with Gasteiger partial charge in [-0.2, -0.15) is 5.26 Å². The van der Waals surface area contributed by atoms with Crippen molar-refractivity contribution in [1.29, 1.82) is 5.26 Å². The van der Waals surface area contributed by atoms with Crippen LogP contribution >= 0.6 is 11.6 Å². The van der Waals surface area contributed by atoms with Gasteiger partial charge in [-0.3, -0.25) is 19.8 Å². The summed E-state index contributed by atoms with van der Waals surface area (Å²) in [5.41, 5.74) is 7.39. The summed E-state index contributed by atoms with van der Waals surface area (Å²) in [6, 6.07) is 20.8. The van der Waals surface area contributed by atoms with Gasteiger partial charge in [-0.25, -0.2) is 4.79 Å². The number of nitrogens with zero attached hydrogens (tertiary/aromatic N) is 6. The number of amides is 4. The second kappa shape index (κ2) is 16.0. The van der Waals surface area contributed by atoms with Crippen LogP contribution in [0.4, 0.5) is 21.9 Å². The number of rotatable bonds is 8. The monoisotopic (exact) mass is 799 g/mol. The van der Waals surface area contributed by atoms with Crippen LogP contribution in [0.5, 0.6) is 0 Å². The van der Waals surface area contributed by atoms with Crippen LogP contribution in [0.1, 0.15) is 72.5 Å². The zero-order valence-corrected chi connectivity index (χ0v) is 33.7. The van der Waals surface area contributed by atoms with Crippen LogP contribution in [-0.4, -0.2) is 90.7 Å². The van der Waals surface area contributed by atoms with E-state index >= 15 is 0 Å². The van der Waals surface area contributed by atoms with Crippen molar-refractivity contribution < 1.29 is 14.4 Å². The lowest BCUT2D eigenvalue weighted by atomic mass is 9.94. The number of halogens is 1. The molecule has 0 bridgehead atoms. The third-order valence-electron chi connectivity index (χ3n) is 13.0. The smallest absolute Gasteiger partial charge is 0.328 e. The average Bonchev–Trinajstić information content (AvgIpc) is 3.88. The van der Waals surface area contributed by atoms with E-state index in [2.05, 4.69) is 71.4 Å². The van der Waals surface area contributed by atoms with Crippen molar-refractivity contribution in [3.05, 3.63) is 88.7 Å². The number of carbonyl (C=O) groups excluding carboxylic acids is 3. The van der Waals surface area contributed by atoms with Crippen molar-refractivity contribution in [2.24, 2.45) is 5.92 Å². The van der Waals surface area contributed by atoms with E-state index in [1.807, 2.05) is 37.3 Å². The Bertz CT molecular complexity index is 2410. The van der Waals surface area contributed by atoms with Crippen molar-refractivity contribution in [2.45, 2.75) is 64.0 Å². The van der Waals surface area contributed by atoms with Gasteiger partial charge in [0.2, 0.25) is 5.91 Å². The first kappa shape index (κ1) is 38.0. The van der Waals surface area contributed by atoms with Crippen molar-refractivity contribution in [3.63, 3.8) is 0 Å². The number of fused-ring (bicyclic) bond motifs is 2. The molecule has 58 heavy (non-hydrogen) atoms. The van der Waals surface area contributed by atoms with Crippen molar-refractivity contribution in [3.8, 4) is 6.07 Å². The molecule has 4 amide bonds. The predicted octanol–water partition coefficient (Wildman–Crippen LogP) is 7.35. The normalized spacial score (nSPS) is 19.2. The van der Waals surface area contributed by atoms with Gasteiger partial charge in [-0.15, -0.1) is 0 Å². The molecule has 0 unspecified atom stereocenters. The Kier molecular flexibility index (Phi) is 10.5. The number of anilines is 3. The summed E-state index contributed by atoms with van der Waals surface area (Å²) in [5, 5.41) is 17.7. The summed E-state index contributed by atoms with van der Waals surface area (Å²) in [6.07, 6.45) is 10.4. The van der Waals surface area contributed by atoms with E-state index in [4.69, 9.17) is 11.6 Å². The van der Waals surface area contributed by atoms with Crippen LogP contribution in [0, 0.1) is 24.2 Å². The molecule has 2 aromatic heterocycles. The number of nitriles is 1. The summed E-state index contributed by atoms with van der Waals surface area (Å²) in [6.45, 7) is 9.37. The molecule has 6 heterocycles. The fourth-order valence-electron chi connectivity index (χ4n) is 9.81. The summed E-state index contributed by atoms with van der Waals surface area (Å²) in [7, 11) is 0. The van der Waals surface area contributed by atoms with E-state index in [1.54, 1.807) is 11.1 Å². The number of aryl methyl sites for hydroxylation is 1. The van der Waals surface area contributed by atoms with Gasteiger partial charge in [0.15, 0.2) is 0 Å². The molecule has 0 saturated carbocycles. The van der Waals surface area contributed by atoms with E-state index in [1.165, 1.54) is 5.69 Å². The first-order valence-corrected chi connectivity index (χ1v) is 21.2. The highest BCUT2D eigenvalue weighted by molar-refractivity contribution is 6.36. The Hall–Kier alpha value is -5.51. The Morgan fingerprint density at radius 1 is 0.897 bits per heavy atom. The molecule has 9 rings (SSSR count). The predicted molar refractivity (Wildman–Crippen MR) is 229 cm³/mol. The van der Waals surface area contributed by atoms with E-state index in [9.17, 15) is 19.6 Å². The quantitative estimate of drug-likeness (QED) is 0.150. The first-order chi connectivity index (χ1) is 28.2. The number of imide groups is 1. The summed E-state index contributed by atoms with van der Waals surface area (Å²) < 4.78 is 2.39. The number of piperidine rings is 3. The molecule has 12 nitrogen and oxygen atoms in total. The number of urea groups is 1. The van der Waals surface area contributed by atoms with Gasteiger partial charge in [0.05, 0.1) is 33.0 Å². The van der Waals surface area contributed by atoms with E-state index in [0.717, 1.165) is 129 Å². The number of likely N-dealkylation sites (tertiary alicyclic amines) is 1. The molecule has 4 fully saturated rings. The Morgan fingerprint density at radius 3 is 2.41 bits per heavy atom. The van der Waals surface area contributed by atoms with Gasteiger partial charge < -0.3 is 29.6 Å². The molecule has 0 atom stereocenters. The minimum absolute atomic E-state index is 0.0122. The maximum absolute atomic E-state index is 13.5. The zero-order chi connectivity index (χ0) is 39.9. The third-order valence-corrected chi connectivity index (χ3v) is 13.4. The van der Waals surface area contributed by atoms with Crippen LogP contribution in [0.3, 0.4) is 0 Å². The van der Waals surface area contributed by atoms with Crippen LogP contribution in [0.25, 0.3) is 21.8 Å². The lowest BCUT2D eigenvalue weighted by molar-refractivity contribution is -0.120. The van der Waals surface area contributed by atoms with Gasteiger partial charge in [0.25, 0.3) is 5.91 Å². The number of benzene rings is 3. The highest BCUT2D eigenvalue weighted by atomic mass is 35.5. The van der Waals surface area contributed by atoms with Gasteiger partial charge in [0.1, 0.15) is 6.07 Å². The number of aromatic nitrogens is 2. The topological polar surface area (TPSA) is 133 Å². The highest BCUT2D eigenvalue weighted by Crippen LogP contribution is 2.36. The van der Waals surface area contributed by atoms with Crippen LogP contribution < -0.4 is 25.3 Å². The third kappa shape index (κ3) is 7.38. The van der Waals surface area contributed by atoms with Crippen molar-refractivity contribution >= 4 is 68.3 Å². The largest absolute Gasteiger partial charge is 0.372 e. The Morgan fingerprint density at radius 2 is 1.67 bits per heavy atom. The maximum atomic E-state index is 13.5. The Labute approximate surface area is 343 Å². The lowest BCUT2D eigenvalue weighted by Gasteiger charge is -2.39. The number of carbonyl (C=O) groups is 3. The molecule has 300 valence electrons. The minimum atomic E-state index is -0.347. The highest BCUT2D eigenvalue weighted by Gasteiger charge is 2.30. The SMILES string of the molecule is Cc1cc(N2CCC(CN3CCC(n4ccc5c(N6CCC(=O)NC6=O)cccc54)CC3)CC2)ccc1C(=O)NC1CCN(c2ccc(Cl)c3c(C#N)c[nH]c23)CC1. The second-order valence-corrected chi connectivity index (χ2v) is 16.9. The molecule has 0 radical (unpaired) electrons. The standard InChI is InChI=1S/C45H50ClN9O3/c1-29-25-34(5-6-35(29)44(57)49-32-11-21-53(22-12-32)40-8-7-37(46)42-31(26-47)27-48-43(40)42)52-19-9-30(10-20-52)28-51-17-13-33(14-18-51)54-23-15-36-38(54)3-2-4-39(36)55-24-16-41(56)50-45(55)58/h2-8,15,23,25,27,30,32-33,48H,9-14,16-22,24,28H2,1H3,(H,49,57)(H,50,56,58). The van der Waals surface area contributed by atoms with Gasteiger partial charge in [-0.1, -0.05) is 17.7 Å². The summed E-state index contributed by atoms with van der Waals surface area (Å²) >= 11 is 6.43. The fraction of sp³-hybridized carbons (Fsp3) is 0.422. The van der Waals surface area contributed by atoms with Gasteiger partial charge in [0, 0.05) is 105 Å². The molecule has 13 heteroatoms. The Balaban J connectivity index is 0.735. The second-order valence-electron chi connectivity index (χ2n) is 16.5. The van der Waals surface area contributed by atoms with E-state index in [0.29, 0.717) is 35.5 Å². The van der Waals surface area contributed by atoms with Crippen LogP contribution in [0.2, 0.25) is 5.02 Å². The number of hydrogen-bond acceptors (Lipinski definition) is 7. The number of hydrogen-bond donors (Lipinski definition) is 3. The molecular weight excluding hydrogens is 750 g/mol. The first-order valence-electron chi connectivity index (χ1n) is 20.8. The van der Waals surface area contributed by atoms with E-state index < -0.39 is 0 Å². The summed E-state index contributed by atoms with van der Waals surface area (Å²) in [5.74, 6) is 0.442. The molecule has 0 aliphatic carbocycles. The van der Waals surface area contributed by atoms with Gasteiger partial charge in [-0.05, 0) is 105 Å². The molecule has 4 saturated heterocycles. The number of aromatic amines is 1. The lowest BCUT2D eigenvalue weighted by Crippen LogP contribution is -2.49. The molecule has 0 spiro atoms. The fourth-order valence-corrected chi connectivity index (χ4v) is 10.1. The molecule has 5 aromatic rings. The van der Waals surface area contributed by atoms with Crippen LogP contribution in [0.15, 0.2) is 67.0 Å². The van der Waals surface area contributed by atoms with Crippen molar-refractivity contribution in [1.82, 2.24) is 25.1 Å². The maximum Gasteiger partial charge on any atom is 0.328 e. The molecule has 3 aromatic carbocycles. The number of H-pyrrole nitrogens is 1. The zero-order valence-electron chi connectivity index (χ0n) is 33.0.